The lowest BCUT2D eigenvalue weighted by Crippen LogP contribution is -2.08. The Balaban J connectivity index is 2.70. The zero-order valence-corrected chi connectivity index (χ0v) is 9.97. The predicted molar refractivity (Wildman–Crippen MR) is 63.2 cm³/mol. The van der Waals surface area contributed by atoms with E-state index in [-0.39, 0.29) is 5.97 Å². The molecule has 0 fully saturated rings. The van der Waals surface area contributed by atoms with Gasteiger partial charge in [-0.2, -0.15) is 0 Å². The normalized spacial score (nSPS) is 10.0. The number of rotatable bonds is 5. The highest BCUT2D eigenvalue weighted by Gasteiger charge is 2.07. The van der Waals surface area contributed by atoms with Gasteiger partial charge in [-0.25, -0.2) is 0 Å². The van der Waals surface area contributed by atoms with Gasteiger partial charge in [0.1, 0.15) is 0 Å². The summed E-state index contributed by atoms with van der Waals surface area (Å²) in [6.45, 7) is 4.37. The summed E-state index contributed by atoms with van der Waals surface area (Å²) in [5.41, 5.74) is 1.06. The second-order valence-corrected chi connectivity index (χ2v) is 4.33. The van der Waals surface area contributed by atoms with E-state index in [0.717, 1.165) is 11.3 Å². The first-order chi connectivity index (χ1) is 7.27. The fraction of sp³-hybridized carbons (Fsp3) is 0.417. The molecule has 0 heterocycles. The molecule has 0 amide bonds. The van der Waals surface area contributed by atoms with Crippen LogP contribution in [0.5, 0.6) is 0 Å². The Morgan fingerprint density at radius 3 is 2.73 bits per heavy atom. The summed E-state index contributed by atoms with van der Waals surface area (Å²) in [4.78, 5) is 12.5. The average molecular weight is 224 g/mol. The molecule has 15 heavy (non-hydrogen) atoms. The Labute approximate surface area is 95.0 Å². The van der Waals surface area contributed by atoms with Crippen LogP contribution in [0.2, 0.25) is 0 Å². The molecule has 3 heteroatoms. The van der Waals surface area contributed by atoms with Gasteiger partial charge in [0.25, 0.3) is 0 Å². The molecule has 0 aromatic heterocycles. The van der Waals surface area contributed by atoms with Crippen LogP contribution in [0.3, 0.4) is 0 Å². The van der Waals surface area contributed by atoms with Gasteiger partial charge >= 0.3 is 5.97 Å². The number of esters is 1. The van der Waals surface area contributed by atoms with Crippen molar-refractivity contribution in [3.63, 3.8) is 0 Å². The Bertz CT molecular complexity index is 323. The molecule has 0 bridgehead atoms. The number of hydrogen-bond donors (Lipinski definition) is 0. The molecule has 1 aromatic carbocycles. The van der Waals surface area contributed by atoms with Crippen molar-refractivity contribution in [1.82, 2.24) is 0 Å². The lowest BCUT2D eigenvalue weighted by molar-refractivity contribution is -0.142. The second kappa shape index (κ2) is 6.51. The SMILES string of the molecule is CCOC(=O)Cc1ccccc1SCC. The van der Waals surface area contributed by atoms with Crippen molar-refractivity contribution in [2.45, 2.75) is 25.2 Å². The lowest BCUT2D eigenvalue weighted by atomic mass is 10.1. The minimum Gasteiger partial charge on any atom is -0.466 e. The van der Waals surface area contributed by atoms with E-state index in [9.17, 15) is 4.79 Å². The molecule has 0 spiro atoms. The van der Waals surface area contributed by atoms with Gasteiger partial charge < -0.3 is 4.74 Å². The molecule has 1 rings (SSSR count). The molecule has 0 unspecified atom stereocenters. The van der Waals surface area contributed by atoms with Gasteiger partial charge in [0.05, 0.1) is 13.0 Å². The molecular weight excluding hydrogens is 208 g/mol. The third kappa shape index (κ3) is 3.96. The second-order valence-electron chi connectivity index (χ2n) is 3.02. The molecule has 82 valence electrons. The number of benzene rings is 1. The van der Waals surface area contributed by atoms with E-state index in [2.05, 4.69) is 6.92 Å². The van der Waals surface area contributed by atoms with Crippen molar-refractivity contribution < 1.29 is 9.53 Å². The number of carbonyl (C=O) groups excluding carboxylic acids is 1. The van der Waals surface area contributed by atoms with Gasteiger partial charge in [0.15, 0.2) is 0 Å². The van der Waals surface area contributed by atoms with Crippen LogP contribution in [0.25, 0.3) is 0 Å². The molecule has 0 aliphatic carbocycles. The van der Waals surface area contributed by atoms with Crippen molar-refractivity contribution in [1.29, 1.82) is 0 Å². The zero-order chi connectivity index (χ0) is 11.1. The molecule has 0 saturated carbocycles. The van der Waals surface area contributed by atoms with Gasteiger partial charge in [-0.3, -0.25) is 4.79 Å². The highest BCUT2D eigenvalue weighted by atomic mass is 32.2. The van der Waals surface area contributed by atoms with Crippen LogP contribution in [0.15, 0.2) is 29.2 Å². The van der Waals surface area contributed by atoms with E-state index in [1.54, 1.807) is 11.8 Å². The minimum absolute atomic E-state index is 0.151. The van der Waals surface area contributed by atoms with Crippen LogP contribution in [0.1, 0.15) is 19.4 Å². The zero-order valence-electron chi connectivity index (χ0n) is 9.16. The summed E-state index contributed by atoms with van der Waals surface area (Å²) in [6, 6.07) is 7.97. The standard InChI is InChI=1S/C12H16O2S/c1-3-14-12(13)9-10-7-5-6-8-11(10)15-4-2/h5-8H,3-4,9H2,1-2H3. The van der Waals surface area contributed by atoms with Gasteiger partial charge in [-0.1, -0.05) is 25.1 Å². The van der Waals surface area contributed by atoms with E-state index in [1.807, 2.05) is 31.2 Å². The molecule has 0 saturated heterocycles. The van der Waals surface area contributed by atoms with Crippen molar-refractivity contribution in [2.24, 2.45) is 0 Å². The molecule has 0 radical (unpaired) electrons. The van der Waals surface area contributed by atoms with Crippen LogP contribution >= 0.6 is 11.8 Å². The molecule has 1 aromatic rings. The van der Waals surface area contributed by atoms with Crippen LogP contribution in [-0.2, 0) is 16.0 Å². The van der Waals surface area contributed by atoms with Crippen molar-refractivity contribution in [3.8, 4) is 0 Å². The maximum atomic E-state index is 11.3. The van der Waals surface area contributed by atoms with Crippen molar-refractivity contribution in [2.75, 3.05) is 12.4 Å². The van der Waals surface area contributed by atoms with Gasteiger partial charge in [-0.15, -0.1) is 11.8 Å². The number of carbonyl (C=O) groups is 1. The summed E-state index contributed by atoms with van der Waals surface area (Å²) < 4.78 is 4.93. The first-order valence-corrected chi connectivity index (χ1v) is 6.12. The summed E-state index contributed by atoms with van der Waals surface area (Å²) >= 11 is 1.75. The number of thioether (sulfide) groups is 1. The van der Waals surface area contributed by atoms with E-state index in [1.165, 1.54) is 4.90 Å². The Morgan fingerprint density at radius 2 is 2.07 bits per heavy atom. The largest absolute Gasteiger partial charge is 0.466 e. The molecule has 0 N–H and O–H groups in total. The molecular formula is C12H16O2S. The average Bonchev–Trinajstić information content (AvgIpc) is 2.21. The molecule has 0 atom stereocenters. The fourth-order valence-corrected chi connectivity index (χ4v) is 2.13. The van der Waals surface area contributed by atoms with Gasteiger partial charge in [0.2, 0.25) is 0 Å². The third-order valence-corrected chi connectivity index (χ3v) is 2.91. The Kier molecular flexibility index (Phi) is 5.26. The molecule has 0 aliphatic rings. The van der Waals surface area contributed by atoms with Crippen LogP contribution in [0.4, 0.5) is 0 Å². The number of hydrogen-bond acceptors (Lipinski definition) is 3. The Morgan fingerprint density at radius 1 is 1.33 bits per heavy atom. The predicted octanol–water partition coefficient (Wildman–Crippen LogP) is 2.90. The van der Waals surface area contributed by atoms with Crippen LogP contribution < -0.4 is 0 Å². The van der Waals surface area contributed by atoms with Crippen LogP contribution in [-0.4, -0.2) is 18.3 Å². The fourth-order valence-electron chi connectivity index (χ4n) is 1.31. The van der Waals surface area contributed by atoms with Gasteiger partial charge in [0, 0.05) is 4.90 Å². The Hall–Kier alpha value is -0.960. The molecule has 0 aliphatic heterocycles. The first-order valence-electron chi connectivity index (χ1n) is 5.14. The summed E-state index contributed by atoms with van der Waals surface area (Å²) in [7, 11) is 0. The molecule has 2 nitrogen and oxygen atoms in total. The van der Waals surface area contributed by atoms with Crippen LogP contribution in [0, 0.1) is 0 Å². The summed E-state index contributed by atoms with van der Waals surface area (Å²) in [5.74, 6) is 0.862. The number of ether oxygens (including phenoxy) is 1. The van der Waals surface area contributed by atoms with E-state index in [0.29, 0.717) is 13.0 Å². The first kappa shape index (κ1) is 12.1. The monoisotopic (exact) mass is 224 g/mol. The lowest BCUT2D eigenvalue weighted by Gasteiger charge is -2.07. The van der Waals surface area contributed by atoms with E-state index in [4.69, 9.17) is 4.74 Å². The van der Waals surface area contributed by atoms with E-state index >= 15 is 0 Å². The van der Waals surface area contributed by atoms with E-state index < -0.39 is 0 Å². The van der Waals surface area contributed by atoms with Gasteiger partial charge in [-0.05, 0) is 24.3 Å². The summed E-state index contributed by atoms with van der Waals surface area (Å²) in [6.07, 6.45) is 0.372. The highest BCUT2D eigenvalue weighted by molar-refractivity contribution is 7.99. The third-order valence-electron chi connectivity index (χ3n) is 1.91. The maximum Gasteiger partial charge on any atom is 0.310 e. The quantitative estimate of drug-likeness (QED) is 0.568. The van der Waals surface area contributed by atoms with Crippen molar-refractivity contribution >= 4 is 17.7 Å². The minimum atomic E-state index is -0.151. The van der Waals surface area contributed by atoms with Crippen molar-refractivity contribution in [3.05, 3.63) is 29.8 Å². The topological polar surface area (TPSA) is 26.3 Å². The highest BCUT2D eigenvalue weighted by Crippen LogP contribution is 2.22. The smallest absolute Gasteiger partial charge is 0.310 e. The summed E-state index contributed by atoms with van der Waals surface area (Å²) in [5, 5.41) is 0. The maximum absolute atomic E-state index is 11.3.